The molecule has 0 saturated carbocycles. The Kier molecular flexibility index (Phi) is 3.95. The van der Waals surface area contributed by atoms with Gasteiger partial charge in [-0.05, 0) is 18.6 Å². The summed E-state index contributed by atoms with van der Waals surface area (Å²) in [6.07, 6.45) is 3.25. The van der Waals surface area contributed by atoms with E-state index in [-0.39, 0.29) is 17.3 Å². The summed E-state index contributed by atoms with van der Waals surface area (Å²) in [4.78, 5) is 27.8. The van der Waals surface area contributed by atoms with Crippen LogP contribution in [0.15, 0.2) is 39.9 Å². The van der Waals surface area contributed by atoms with E-state index in [1.807, 2.05) is 30.3 Å². The first-order valence-electron chi connectivity index (χ1n) is 7.37. The lowest BCUT2D eigenvalue weighted by atomic mass is 10.2. The molecule has 0 saturated heterocycles. The Hall–Kier alpha value is -3.29. The summed E-state index contributed by atoms with van der Waals surface area (Å²) in [5.74, 6) is 0.0308. The number of nitrogens with zero attached hydrogens (tertiary/aromatic N) is 5. The summed E-state index contributed by atoms with van der Waals surface area (Å²) in [5, 5.41) is 16.7. The van der Waals surface area contributed by atoms with Crippen molar-refractivity contribution in [2.45, 2.75) is 13.5 Å². The number of hydrogen-bond acceptors (Lipinski definition) is 5. The van der Waals surface area contributed by atoms with Gasteiger partial charge in [0.15, 0.2) is 0 Å². The molecule has 0 bridgehead atoms. The second kappa shape index (κ2) is 6.07. The van der Waals surface area contributed by atoms with Gasteiger partial charge in [0.25, 0.3) is 0 Å². The van der Waals surface area contributed by atoms with E-state index in [1.165, 1.54) is 17.8 Å². The Balaban J connectivity index is 2.25. The minimum atomic E-state index is -0.718. The molecule has 0 atom stereocenters. The van der Waals surface area contributed by atoms with E-state index in [4.69, 9.17) is 0 Å². The first-order valence-corrected chi connectivity index (χ1v) is 7.37. The van der Waals surface area contributed by atoms with Crippen molar-refractivity contribution in [2.24, 2.45) is 7.05 Å². The summed E-state index contributed by atoms with van der Waals surface area (Å²) in [5.41, 5.74) is -0.729. The first kappa shape index (κ1) is 15.6. The third-order valence-electron chi connectivity index (χ3n) is 3.61. The Morgan fingerprint density at radius 3 is 2.58 bits per heavy atom. The molecule has 0 unspecified atom stereocenters. The van der Waals surface area contributed by atoms with Crippen LogP contribution >= 0.6 is 0 Å². The number of benzene rings is 1. The maximum Gasteiger partial charge on any atom is 0.352 e. The lowest BCUT2D eigenvalue weighted by Gasteiger charge is -2.13. The predicted octanol–water partition coefficient (Wildman–Crippen LogP) is 0.266. The fourth-order valence-corrected chi connectivity index (χ4v) is 2.30. The summed E-state index contributed by atoms with van der Waals surface area (Å²) in [7, 11) is 1.29. The maximum absolute atomic E-state index is 12.5. The zero-order valence-electron chi connectivity index (χ0n) is 13.2. The van der Waals surface area contributed by atoms with Crippen molar-refractivity contribution in [2.75, 3.05) is 0 Å². The van der Waals surface area contributed by atoms with Crippen LogP contribution in [-0.4, -0.2) is 19.3 Å². The summed E-state index contributed by atoms with van der Waals surface area (Å²) in [6.45, 7) is 2.15. The predicted molar refractivity (Wildman–Crippen MR) is 88.2 cm³/mol. The van der Waals surface area contributed by atoms with E-state index >= 15 is 0 Å². The van der Waals surface area contributed by atoms with Crippen molar-refractivity contribution < 1.29 is 4.73 Å². The summed E-state index contributed by atoms with van der Waals surface area (Å²) in [6, 6.07) is 9.40. The molecule has 2 aliphatic heterocycles. The van der Waals surface area contributed by atoms with Crippen molar-refractivity contribution in [3.63, 3.8) is 0 Å². The molecule has 1 aromatic rings. The molecule has 8 heteroatoms. The third kappa shape index (κ3) is 2.58. The van der Waals surface area contributed by atoms with Gasteiger partial charge in [0, 0.05) is 13.1 Å². The fraction of sp³-hybridized carbons (Fsp3) is 0.188. The molecule has 8 nitrogen and oxygen atoms in total. The van der Waals surface area contributed by atoms with Gasteiger partial charge in [-0.3, -0.25) is 9.36 Å². The largest absolute Gasteiger partial charge is 0.710 e. The van der Waals surface area contributed by atoms with Crippen LogP contribution in [0.25, 0.3) is 23.7 Å². The molecule has 2 aliphatic rings. The van der Waals surface area contributed by atoms with E-state index in [1.54, 1.807) is 13.0 Å². The minimum Gasteiger partial charge on any atom is -0.710 e. The highest BCUT2D eigenvalue weighted by molar-refractivity contribution is 5.65. The van der Waals surface area contributed by atoms with Gasteiger partial charge >= 0.3 is 17.1 Å². The van der Waals surface area contributed by atoms with Gasteiger partial charge in [0.05, 0.1) is 11.6 Å². The summed E-state index contributed by atoms with van der Waals surface area (Å²) >= 11 is 0. The number of fused-ring (bicyclic) bond motifs is 1. The van der Waals surface area contributed by atoms with Crippen LogP contribution in [0.2, 0.25) is 0 Å². The van der Waals surface area contributed by atoms with Gasteiger partial charge in [0.2, 0.25) is 11.5 Å². The van der Waals surface area contributed by atoms with Crippen LogP contribution in [0.1, 0.15) is 18.3 Å². The standard InChI is InChI=1S/C16H15N5O3/c1-3-20-14-13(15(22)19(2)16(23)17-14)21(24)12(18-20)10-9-11-7-5-4-6-8-11/h4-10H,3H2,1-2H3/b10-9+. The van der Waals surface area contributed by atoms with E-state index in [9.17, 15) is 14.8 Å². The molecule has 122 valence electrons. The van der Waals surface area contributed by atoms with Crippen molar-refractivity contribution in [3.8, 4) is 11.5 Å². The van der Waals surface area contributed by atoms with E-state index < -0.39 is 11.2 Å². The van der Waals surface area contributed by atoms with Crippen molar-refractivity contribution >= 4 is 12.2 Å². The zero-order valence-corrected chi connectivity index (χ0v) is 13.2. The van der Waals surface area contributed by atoms with Crippen molar-refractivity contribution in [1.29, 1.82) is 0 Å². The topological polar surface area (TPSA) is 96.7 Å². The van der Waals surface area contributed by atoms with Crippen LogP contribution in [0.4, 0.5) is 0 Å². The lowest BCUT2D eigenvalue weighted by molar-refractivity contribution is -0.601. The highest BCUT2D eigenvalue weighted by atomic mass is 16.5. The second-order valence-corrected chi connectivity index (χ2v) is 5.14. The quantitative estimate of drug-likeness (QED) is 0.508. The maximum atomic E-state index is 12.5. The van der Waals surface area contributed by atoms with Gasteiger partial charge in [-0.2, -0.15) is 9.67 Å². The molecule has 0 amide bonds. The molecule has 0 aromatic heterocycles. The Labute approximate surface area is 136 Å². The van der Waals surface area contributed by atoms with Crippen molar-refractivity contribution in [1.82, 2.24) is 19.3 Å². The van der Waals surface area contributed by atoms with Gasteiger partial charge in [-0.25, -0.2) is 9.52 Å². The zero-order chi connectivity index (χ0) is 17.3. The number of aryl methyl sites for hydroxylation is 1. The molecule has 3 rings (SSSR count). The molecular weight excluding hydrogens is 310 g/mol. The fourth-order valence-electron chi connectivity index (χ4n) is 2.30. The minimum absolute atomic E-state index is 0.0162. The molecule has 1 aromatic carbocycles. The Bertz CT molecular complexity index is 1000. The van der Waals surface area contributed by atoms with E-state index in [0.29, 0.717) is 11.3 Å². The average molecular weight is 325 g/mol. The van der Waals surface area contributed by atoms with Crippen LogP contribution in [0, 0.1) is 5.21 Å². The smallest absolute Gasteiger partial charge is 0.352 e. The van der Waals surface area contributed by atoms with Gasteiger partial charge in [-0.1, -0.05) is 30.3 Å². The number of hydrogen-bond donors (Lipinski definition) is 0. The monoisotopic (exact) mass is 325 g/mol. The molecule has 24 heavy (non-hydrogen) atoms. The van der Waals surface area contributed by atoms with Gasteiger partial charge in [-0.15, -0.1) is 0 Å². The van der Waals surface area contributed by atoms with Crippen LogP contribution in [0.3, 0.4) is 0 Å². The van der Waals surface area contributed by atoms with Crippen LogP contribution in [0.5, 0.6) is 0 Å². The average Bonchev–Trinajstić information content (AvgIpc) is 2.60. The highest BCUT2D eigenvalue weighted by Crippen LogP contribution is 2.10. The van der Waals surface area contributed by atoms with Gasteiger partial charge < -0.3 is 5.21 Å². The molecular formula is C16H15N5O3. The molecule has 0 spiro atoms. The van der Waals surface area contributed by atoms with E-state index in [2.05, 4.69) is 10.1 Å². The van der Waals surface area contributed by atoms with Crippen LogP contribution < -0.4 is 16.0 Å². The highest BCUT2D eigenvalue weighted by Gasteiger charge is 2.26. The first-order chi connectivity index (χ1) is 11.5. The molecule has 0 N–H and O–H groups in total. The van der Waals surface area contributed by atoms with Gasteiger partial charge in [0.1, 0.15) is 0 Å². The Morgan fingerprint density at radius 2 is 1.92 bits per heavy atom. The molecule has 0 aliphatic carbocycles. The second-order valence-electron chi connectivity index (χ2n) is 5.14. The molecule has 0 radical (unpaired) electrons. The SMILES string of the molecule is CCn1nc(/C=C/c2ccccc2)[n+]([O-])c2c(=O)n(C)c(=O)nc1-2. The third-order valence-corrected chi connectivity index (χ3v) is 3.61. The van der Waals surface area contributed by atoms with E-state index in [0.717, 1.165) is 10.1 Å². The number of rotatable bonds is 3. The van der Waals surface area contributed by atoms with Crippen LogP contribution in [-0.2, 0) is 13.6 Å². The number of aromatic nitrogens is 5. The van der Waals surface area contributed by atoms with Crippen molar-refractivity contribution in [3.05, 3.63) is 67.8 Å². The lowest BCUT2D eigenvalue weighted by Crippen LogP contribution is -2.48. The summed E-state index contributed by atoms with van der Waals surface area (Å²) < 4.78 is 2.59. The molecule has 2 heterocycles. The Morgan fingerprint density at radius 1 is 1.21 bits per heavy atom. The molecule has 0 fully saturated rings. The normalized spacial score (nSPS) is 11.4.